The molecular weight excluding hydrogens is 410 g/mol. The van der Waals surface area contributed by atoms with Crippen LogP contribution >= 0.6 is 11.6 Å². The van der Waals surface area contributed by atoms with Gasteiger partial charge in [-0.15, -0.1) is 0 Å². The molecule has 4 rings (SSSR count). The van der Waals surface area contributed by atoms with Gasteiger partial charge < -0.3 is 10.2 Å². The molecule has 162 valence electrons. The van der Waals surface area contributed by atoms with Crippen LogP contribution in [0, 0.1) is 6.92 Å². The SMILES string of the molecule is Cc1cc2c(cc1/C=C1\NC(=O)N(Cc3ccc(Cl)cc3)C1=O)[C@H](C)CC(C)(C)N2C. The number of hydrogen-bond acceptors (Lipinski definition) is 3. The summed E-state index contributed by atoms with van der Waals surface area (Å²) in [6.07, 6.45) is 2.85. The van der Waals surface area contributed by atoms with Crippen molar-refractivity contribution in [3.8, 4) is 0 Å². The van der Waals surface area contributed by atoms with Crippen LogP contribution in [-0.2, 0) is 11.3 Å². The number of halogens is 1. The topological polar surface area (TPSA) is 52.7 Å². The molecule has 0 radical (unpaired) electrons. The number of rotatable bonds is 3. The summed E-state index contributed by atoms with van der Waals surface area (Å²) in [4.78, 5) is 29.0. The van der Waals surface area contributed by atoms with Gasteiger partial charge in [0.1, 0.15) is 5.70 Å². The Kier molecular flexibility index (Phi) is 5.34. The first-order chi connectivity index (χ1) is 14.6. The molecule has 0 aliphatic carbocycles. The number of amides is 3. The number of urea groups is 1. The van der Waals surface area contributed by atoms with E-state index >= 15 is 0 Å². The van der Waals surface area contributed by atoms with Crippen LogP contribution in [0.4, 0.5) is 10.5 Å². The van der Waals surface area contributed by atoms with Crippen LogP contribution < -0.4 is 10.2 Å². The molecule has 1 saturated heterocycles. The number of imide groups is 1. The summed E-state index contributed by atoms with van der Waals surface area (Å²) < 4.78 is 0. The molecule has 2 aliphatic heterocycles. The summed E-state index contributed by atoms with van der Waals surface area (Å²) in [5.74, 6) is 0.0950. The minimum absolute atomic E-state index is 0.0936. The van der Waals surface area contributed by atoms with E-state index in [-0.39, 0.29) is 18.0 Å². The highest BCUT2D eigenvalue weighted by atomic mass is 35.5. The van der Waals surface area contributed by atoms with Gasteiger partial charge in [-0.1, -0.05) is 30.7 Å². The van der Waals surface area contributed by atoms with E-state index in [9.17, 15) is 9.59 Å². The zero-order valence-corrected chi connectivity index (χ0v) is 19.4. The lowest BCUT2D eigenvalue weighted by Gasteiger charge is -2.45. The smallest absolute Gasteiger partial charge is 0.329 e. The lowest BCUT2D eigenvalue weighted by molar-refractivity contribution is -0.123. The Morgan fingerprint density at radius 1 is 1.19 bits per heavy atom. The average molecular weight is 438 g/mol. The van der Waals surface area contributed by atoms with E-state index in [4.69, 9.17) is 11.6 Å². The Morgan fingerprint density at radius 2 is 1.87 bits per heavy atom. The summed E-state index contributed by atoms with van der Waals surface area (Å²) in [6, 6.07) is 11.1. The maximum atomic E-state index is 12.9. The zero-order valence-electron chi connectivity index (χ0n) is 18.6. The van der Waals surface area contributed by atoms with Gasteiger partial charge in [-0.05, 0) is 85.7 Å². The van der Waals surface area contributed by atoms with Gasteiger partial charge in [0.25, 0.3) is 5.91 Å². The first kappa shape index (κ1) is 21.4. The standard InChI is InChI=1S/C25H28ClN3O2/c1-15-10-22-20(16(2)13-25(3,4)28(22)5)11-18(15)12-21-23(30)29(24(31)27-21)14-17-6-8-19(26)9-7-17/h6-12,16H,13-14H2,1-5H3,(H,27,31)/b21-12-/t16-/m1/s1. The Bertz CT molecular complexity index is 1090. The van der Waals surface area contributed by atoms with E-state index in [1.54, 1.807) is 18.2 Å². The second kappa shape index (κ2) is 7.72. The van der Waals surface area contributed by atoms with Gasteiger partial charge in [0.15, 0.2) is 0 Å². The molecule has 2 aromatic carbocycles. The molecule has 0 unspecified atom stereocenters. The minimum atomic E-state index is -0.406. The largest absolute Gasteiger partial charge is 0.369 e. The highest BCUT2D eigenvalue weighted by Crippen LogP contribution is 2.43. The fourth-order valence-corrected chi connectivity index (χ4v) is 4.66. The third-order valence-electron chi connectivity index (χ3n) is 6.54. The third-order valence-corrected chi connectivity index (χ3v) is 6.79. The van der Waals surface area contributed by atoms with E-state index in [1.807, 2.05) is 19.1 Å². The molecule has 5 nitrogen and oxygen atoms in total. The summed E-state index contributed by atoms with van der Waals surface area (Å²) in [7, 11) is 2.14. The molecule has 31 heavy (non-hydrogen) atoms. The number of anilines is 1. The van der Waals surface area contributed by atoms with Crippen molar-refractivity contribution < 1.29 is 9.59 Å². The number of aryl methyl sites for hydroxylation is 1. The monoisotopic (exact) mass is 437 g/mol. The van der Waals surface area contributed by atoms with E-state index in [1.165, 1.54) is 16.2 Å². The van der Waals surface area contributed by atoms with Crippen molar-refractivity contribution >= 4 is 35.3 Å². The van der Waals surface area contributed by atoms with Crippen LogP contribution in [0.3, 0.4) is 0 Å². The van der Waals surface area contributed by atoms with Gasteiger partial charge in [-0.25, -0.2) is 4.79 Å². The third kappa shape index (κ3) is 3.94. The molecule has 2 aromatic rings. The highest BCUT2D eigenvalue weighted by Gasteiger charge is 2.36. The molecule has 1 N–H and O–H groups in total. The van der Waals surface area contributed by atoms with Gasteiger partial charge in [0.2, 0.25) is 0 Å². The molecule has 1 fully saturated rings. The zero-order chi connectivity index (χ0) is 22.5. The Balaban J connectivity index is 1.63. The molecule has 2 aliphatic rings. The van der Waals surface area contributed by atoms with Crippen LogP contribution in [0.25, 0.3) is 6.08 Å². The van der Waals surface area contributed by atoms with Crippen LogP contribution in [0.5, 0.6) is 0 Å². The van der Waals surface area contributed by atoms with Crippen LogP contribution in [0.2, 0.25) is 5.02 Å². The van der Waals surface area contributed by atoms with Crippen molar-refractivity contribution in [2.75, 3.05) is 11.9 Å². The maximum absolute atomic E-state index is 12.9. The summed E-state index contributed by atoms with van der Waals surface area (Å²) in [6.45, 7) is 9.02. The van der Waals surface area contributed by atoms with Crippen LogP contribution in [0.15, 0.2) is 42.1 Å². The first-order valence-corrected chi connectivity index (χ1v) is 10.9. The molecular formula is C25H28ClN3O2. The van der Waals surface area contributed by atoms with E-state index in [0.717, 1.165) is 23.1 Å². The van der Waals surface area contributed by atoms with Gasteiger partial charge in [0.05, 0.1) is 6.54 Å². The average Bonchev–Trinajstić information content (AvgIpc) is 2.96. The Labute approximate surface area is 188 Å². The second-order valence-corrected chi connectivity index (χ2v) is 9.69. The van der Waals surface area contributed by atoms with Gasteiger partial charge >= 0.3 is 6.03 Å². The van der Waals surface area contributed by atoms with Crippen molar-refractivity contribution in [2.45, 2.75) is 52.1 Å². The van der Waals surface area contributed by atoms with Crippen LogP contribution in [0.1, 0.15) is 55.4 Å². The lowest BCUT2D eigenvalue weighted by Crippen LogP contribution is -2.45. The Morgan fingerprint density at radius 3 is 2.55 bits per heavy atom. The minimum Gasteiger partial charge on any atom is -0.369 e. The number of nitrogens with one attached hydrogen (secondary N) is 1. The number of carbonyl (C=O) groups excluding carboxylic acids is 2. The van der Waals surface area contributed by atoms with Crippen molar-refractivity contribution in [3.05, 3.63) is 69.4 Å². The normalized spacial score (nSPS) is 21.5. The second-order valence-electron chi connectivity index (χ2n) is 9.25. The number of fused-ring (bicyclic) bond motifs is 1. The molecule has 0 aromatic heterocycles. The van der Waals surface area contributed by atoms with E-state index < -0.39 is 6.03 Å². The fraction of sp³-hybridized carbons (Fsp3) is 0.360. The van der Waals surface area contributed by atoms with Crippen molar-refractivity contribution in [1.29, 1.82) is 0 Å². The van der Waals surface area contributed by atoms with E-state index in [2.05, 4.69) is 50.2 Å². The first-order valence-electron chi connectivity index (χ1n) is 10.5. The predicted octanol–water partition coefficient (Wildman–Crippen LogP) is 5.46. The molecule has 0 bridgehead atoms. The maximum Gasteiger partial charge on any atom is 0.329 e. The van der Waals surface area contributed by atoms with Crippen molar-refractivity contribution in [2.24, 2.45) is 0 Å². The quantitative estimate of drug-likeness (QED) is 0.512. The van der Waals surface area contributed by atoms with Gasteiger partial charge in [-0.2, -0.15) is 0 Å². The predicted molar refractivity (Wildman–Crippen MR) is 125 cm³/mol. The fourth-order valence-electron chi connectivity index (χ4n) is 4.53. The lowest BCUT2D eigenvalue weighted by atomic mass is 9.79. The Hall–Kier alpha value is -2.79. The number of benzene rings is 2. The summed E-state index contributed by atoms with van der Waals surface area (Å²) in [5.41, 5.74) is 5.77. The van der Waals surface area contributed by atoms with Gasteiger partial charge in [-0.3, -0.25) is 9.69 Å². The number of nitrogens with zero attached hydrogens (tertiary/aromatic N) is 2. The molecule has 1 atom stereocenters. The van der Waals surface area contributed by atoms with Crippen molar-refractivity contribution in [3.63, 3.8) is 0 Å². The molecule has 0 spiro atoms. The van der Waals surface area contributed by atoms with Crippen molar-refractivity contribution in [1.82, 2.24) is 10.2 Å². The van der Waals surface area contributed by atoms with Crippen LogP contribution in [-0.4, -0.2) is 29.4 Å². The molecule has 3 amide bonds. The van der Waals surface area contributed by atoms with Gasteiger partial charge in [0, 0.05) is 23.3 Å². The number of carbonyl (C=O) groups is 2. The summed E-state index contributed by atoms with van der Waals surface area (Å²) in [5, 5.41) is 3.35. The molecule has 2 heterocycles. The highest BCUT2D eigenvalue weighted by molar-refractivity contribution is 6.30. The molecule has 6 heteroatoms. The van der Waals surface area contributed by atoms with E-state index in [0.29, 0.717) is 16.6 Å². The summed E-state index contributed by atoms with van der Waals surface area (Å²) >= 11 is 5.93. The molecule has 0 saturated carbocycles. The number of hydrogen-bond donors (Lipinski definition) is 1.